The van der Waals surface area contributed by atoms with Gasteiger partial charge in [0.1, 0.15) is 0 Å². The Balaban J connectivity index is 2.13. The van der Waals surface area contributed by atoms with Crippen LogP contribution in [0, 0.1) is 0 Å². The van der Waals surface area contributed by atoms with Gasteiger partial charge in [0.15, 0.2) is 17.3 Å². The molecule has 24 heavy (non-hydrogen) atoms. The van der Waals surface area contributed by atoms with Crippen molar-refractivity contribution in [2.75, 3.05) is 20.8 Å². The molecule has 2 N–H and O–H groups in total. The van der Waals surface area contributed by atoms with E-state index < -0.39 is 0 Å². The standard InChI is InChI=1S/C18H20N4O2/c1-23-16-7-6-13(11-17(16)24-2)15-12-14(8-9-19)21-22(15)18-5-3-4-10-20-18/h3-7,10-12H,8-9,19H2,1-2H3. The number of aromatic nitrogens is 3. The average molecular weight is 324 g/mol. The fraction of sp³-hybridized carbons (Fsp3) is 0.222. The minimum atomic E-state index is 0.546. The van der Waals surface area contributed by atoms with E-state index in [0.29, 0.717) is 24.5 Å². The van der Waals surface area contributed by atoms with E-state index in [1.807, 2.05) is 47.1 Å². The molecule has 0 unspecified atom stereocenters. The predicted octanol–water partition coefficient (Wildman–Crippen LogP) is 2.45. The highest BCUT2D eigenvalue weighted by atomic mass is 16.5. The van der Waals surface area contributed by atoms with Gasteiger partial charge in [0.05, 0.1) is 25.6 Å². The molecule has 124 valence electrons. The van der Waals surface area contributed by atoms with Crippen LogP contribution in [0.4, 0.5) is 0 Å². The molecule has 2 heterocycles. The van der Waals surface area contributed by atoms with Crippen LogP contribution in [0.25, 0.3) is 17.1 Å². The quantitative estimate of drug-likeness (QED) is 0.754. The zero-order valence-electron chi connectivity index (χ0n) is 13.8. The van der Waals surface area contributed by atoms with Crippen LogP contribution in [-0.2, 0) is 6.42 Å². The minimum absolute atomic E-state index is 0.546. The molecule has 0 spiro atoms. The summed E-state index contributed by atoms with van der Waals surface area (Å²) in [4.78, 5) is 4.40. The summed E-state index contributed by atoms with van der Waals surface area (Å²) in [5.41, 5.74) is 8.50. The summed E-state index contributed by atoms with van der Waals surface area (Å²) in [7, 11) is 3.24. The number of nitrogens with zero attached hydrogens (tertiary/aromatic N) is 3. The van der Waals surface area contributed by atoms with Gasteiger partial charge in [0, 0.05) is 18.2 Å². The Morgan fingerprint density at radius 3 is 2.54 bits per heavy atom. The topological polar surface area (TPSA) is 75.2 Å². The van der Waals surface area contributed by atoms with Gasteiger partial charge in [-0.05, 0) is 42.9 Å². The van der Waals surface area contributed by atoms with E-state index in [9.17, 15) is 0 Å². The molecule has 0 atom stereocenters. The van der Waals surface area contributed by atoms with Crippen molar-refractivity contribution in [3.8, 4) is 28.6 Å². The number of ether oxygens (including phenoxy) is 2. The maximum absolute atomic E-state index is 5.68. The molecule has 6 nitrogen and oxygen atoms in total. The van der Waals surface area contributed by atoms with Crippen LogP contribution in [0.2, 0.25) is 0 Å². The van der Waals surface area contributed by atoms with E-state index in [2.05, 4.69) is 10.1 Å². The van der Waals surface area contributed by atoms with E-state index in [0.717, 1.165) is 22.8 Å². The van der Waals surface area contributed by atoms with Crippen LogP contribution < -0.4 is 15.2 Å². The van der Waals surface area contributed by atoms with Crippen LogP contribution >= 0.6 is 0 Å². The third kappa shape index (κ3) is 3.09. The number of hydrogen-bond donors (Lipinski definition) is 1. The molecule has 0 aliphatic heterocycles. The van der Waals surface area contributed by atoms with Crippen molar-refractivity contribution in [3.63, 3.8) is 0 Å². The maximum Gasteiger partial charge on any atom is 0.161 e. The summed E-state index contributed by atoms with van der Waals surface area (Å²) in [6, 6.07) is 13.6. The first-order valence-electron chi connectivity index (χ1n) is 7.69. The van der Waals surface area contributed by atoms with Gasteiger partial charge in [-0.1, -0.05) is 6.07 Å². The molecule has 3 aromatic rings. The van der Waals surface area contributed by atoms with Gasteiger partial charge in [-0.15, -0.1) is 0 Å². The van der Waals surface area contributed by atoms with Crippen molar-refractivity contribution in [1.82, 2.24) is 14.8 Å². The third-order valence-corrected chi connectivity index (χ3v) is 3.71. The molecule has 0 amide bonds. The lowest BCUT2D eigenvalue weighted by Gasteiger charge is -2.11. The third-order valence-electron chi connectivity index (χ3n) is 3.71. The largest absolute Gasteiger partial charge is 0.493 e. The summed E-state index contributed by atoms with van der Waals surface area (Å²) in [6.07, 6.45) is 2.46. The lowest BCUT2D eigenvalue weighted by Crippen LogP contribution is -2.05. The molecule has 0 saturated carbocycles. The van der Waals surface area contributed by atoms with E-state index in [1.165, 1.54) is 0 Å². The van der Waals surface area contributed by atoms with Crippen LogP contribution in [0.1, 0.15) is 5.69 Å². The van der Waals surface area contributed by atoms with Crippen LogP contribution in [0.15, 0.2) is 48.7 Å². The van der Waals surface area contributed by atoms with Crippen molar-refractivity contribution in [1.29, 1.82) is 0 Å². The fourth-order valence-corrected chi connectivity index (χ4v) is 2.56. The van der Waals surface area contributed by atoms with E-state index in [1.54, 1.807) is 20.4 Å². The normalized spacial score (nSPS) is 10.6. The van der Waals surface area contributed by atoms with Gasteiger partial charge in [-0.3, -0.25) is 0 Å². The molecule has 0 radical (unpaired) electrons. The molecule has 2 aromatic heterocycles. The lowest BCUT2D eigenvalue weighted by molar-refractivity contribution is 0.355. The van der Waals surface area contributed by atoms with E-state index >= 15 is 0 Å². The first-order chi connectivity index (χ1) is 11.8. The number of benzene rings is 1. The van der Waals surface area contributed by atoms with Gasteiger partial charge < -0.3 is 15.2 Å². The SMILES string of the molecule is COc1ccc(-c2cc(CCN)nn2-c2ccccn2)cc1OC. The molecule has 0 fully saturated rings. The summed E-state index contributed by atoms with van der Waals surface area (Å²) in [5, 5.41) is 4.65. The van der Waals surface area contributed by atoms with E-state index in [-0.39, 0.29) is 0 Å². The Morgan fingerprint density at radius 1 is 1.04 bits per heavy atom. The van der Waals surface area contributed by atoms with Crippen LogP contribution in [0.3, 0.4) is 0 Å². The first kappa shape index (κ1) is 16.0. The Labute approximate surface area is 140 Å². The van der Waals surface area contributed by atoms with E-state index in [4.69, 9.17) is 15.2 Å². The number of hydrogen-bond acceptors (Lipinski definition) is 5. The predicted molar refractivity (Wildman–Crippen MR) is 92.7 cm³/mol. The second-order valence-corrected chi connectivity index (χ2v) is 5.23. The van der Waals surface area contributed by atoms with Gasteiger partial charge in [-0.25, -0.2) is 9.67 Å². The highest BCUT2D eigenvalue weighted by molar-refractivity contribution is 5.66. The Kier molecular flexibility index (Phi) is 4.77. The number of rotatable bonds is 6. The van der Waals surface area contributed by atoms with Gasteiger partial charge in [-0.2, -0.15) is 5.10 Å². The second kappa shape index (κ2) is 7.14. The first-order valence-corrected chi connectivity index (χ1v) is 7.69. The molecular formula is C18H20N4O2. The monoisotopic (exact) mass is 324 g/mol. The summed E-state index contributed by atoms with van der Waals surface area (Å²) in [6.45, 7) is 0.546. The number of pyridine rings is 1. The van der Waals surface area contributed by atoms with Crippen LogP contribution in [-0.4, -0.2) is 35.5 Å². The highest BCUT2D eigenvalue weighted by Gasteiger charge is 2.14. The number of methoxy groups -OCH3 is 2. The van der Waals surface area contributed by atoms with Crippen molar-refractivity contribution < 1.29 is 9.47 Å². The summed E-state index contributed by atoms with van der Waals surface area (Å²) >= 11 is 0. The lowest BCUT2D eigenvalue weighted by atomic mass is 10.1. The molecular weight excluding hydrogens is 304 g/mol. The zero-order chi connectivity index (χ0) is 16.9. The highest BCUT2D eigenvalue weighted by Crippen LogP contribution is 2.33. The molecule has 0 aliphatic carbocycles. The van der Waals surface area contributed by atoms with Crippen LogP contribution in [0.5, 0.6) is 11.5 Å². The Bertz CT molecular complexity index is 815. The molecule has 0 aliphatic rings. The molecule has 3 rings (SSSR count). The van der Waals surface area contributed by atoms with Crippen molar-refractivity contribution in [2.24, 2.45) is 5.73 Å². The van der Waals surface area contributed by atoms with Gasteiger partial charge in [0.25, 0.3) is 0 Å². The average Bonchev–Trinajstić information content (AvgIpc) is 3.06. The Hall–Kier alpha value is -2.86. The van der Waals surface area contributed by atoms with Crippen molar-refractivity contribution in [2.45, 2.75) is 6.42 Å². The molecule has 0 saturated heterocycles. The molecule has 6 heteroatoms. The Morgan fingerprint density at radius 2 is 1.88 bits per heavy atom. The summed E-state index contributed by atoms with van der Waals surface area (Å²) in [5.74, 6) is 2.11. The molecule has 0 bridgehead atoms. The van der Waals surface area contributed by atoms with Gasteiger partial charge >= 0.3 is 0 Å². The van der Waals surface area contributed by atoms with Crippen molar-refractivity contribution in [3.05, 3.63) is 54.4 Å². The smallest absolute Gasteiger partial charge is 0.161 e. The minimum Gasteiger partial charge on any atom is -0.493 e. The van der Waals surface area contributed by atoms with Gasteiger partial charge in [0.2, 0.25) is 0 Å². The summed E-state index contributed by atoms with van der Waals surface area (Å²) < 4.78 is 12.5. The second-order valence-electron chi connectivity index (χ2n) is 5.23. The molecule has 1 aromatic carbocycles. The zero-order valence-corrected chi connectivity index (χ0v) is 13.8. The fourth-order valence-electron chi connectivity index (χ4n) is 2.56. The van der Waals surface area contributed by atoms with Crippen molar-refractivity contribution >= 4 is 0 Å². The number of nitrogens with two attached hydrogens (primary N) is 1. The maximum atomic E-state index is 5.68.